The predicted octanol–water partition coefficient (Wildman–Crippen LogP) is 4.61. The van der Waals surface area contributed by atoms with E-state index < -0.39 is 26.7 Å². The fraction of sp³-hybridized carbons (Fsp3) is 0.0526. The number of halogens is 4. The first-order valence-electron chi connectivity index (χ1n) is 7.90. The minimum absolute atomic E-state index is 0.0424. The number of aromatic nitrogens is 1. The Balaban J connectivity index is 2.20. The molecule has 0 unspecified atom stereocenters. The first-order chi connectivity index (χ1) is 13.5. The van der Waals surface area contributed by atoms with Crippen molar-refractivity contribution >= 4 is 21.6 Å². The van der Waals surface area contributed by atoms with Gasteiger partial charge in [-0.2, -0.15) is 18.4 Å². The second-order valence-corrected chi connectivity index (χ2v) is 7.99. The third kappa shape index (κ3) is 4.40. The van der Waals surface area contributed by atoms with Crippen LogP contribution in [0.15, 0.2) is 59.8 Å². The van der Waals surface area contributed by atoms with Crippen LogP contribution in [-0.4, -0.2) is 13.4 Å². The number of alkyl halides is 3. The van der Waals surface area contributed by atoms with E-state index in [1.54, 1.807) is 6.07 Å². The number of primary sulfonamides is 1. The maximum absolute atomic E-state index is 13.5. The van der Waals surface area contributed by atoms with Crippen LogP contribution < -0.4 is 5.14 Å². The number of benzene rings is 2. The monoisotopic (exact) mass is 437 g/mol. The van der Waals surface area contributed by atoms with Gasteiger partial charge in [0.1, 0.15) is 6.07 Å². The van der Waals surface area contributed by atoms with Crippen molar-refractivity contribution in [3.63, 3.8) is 0 Å². The van der Waals surface area contributed by atoms with Crippen LogP contribution in [0.2, 0.25) is 5.02 Å². The highest BCUT2D eigenvalue weighted by atomic mass is 35.5. The number of nitrogens with zero attached hydrogens (tertiary/aromatic N) is 2. The van der Waals surface area contributed by atoms with E-state index in [-0.39, 0.29) is 21.7 Å². The van der Waals surface area contributed by atoms with Crippen LogP contribution in [0.4, 0.5) is 13.2 Å². The Labute approximate surface area is 169 Å². The molecule has 29 heavy (non-hydrogen) atoms. The summed E-state index contributed by atoms with van der Waals surface area (Å²) >= 11 is 6.02. The van der Waals surface area contributed by atoms with Crippen molar-refractivity contribution in [1.29, 1.82) is 5.26 Å². The van der Waals surface area contributed by atoms with Gasteiger partial charge in [-0.15, -0.1) is 0 Å². The van der Waals surface area contributed by atoms with Crippen LogP contribution in [0, 0.1) is 11.3 Å². The molecule has 0 amide bonds. The molecule has 0 saturated carbocycles. The smallest absolute Gasteiger partial charge is 0.263 e. The summed E-state index contributed by atoms with van der Waals surface area (Å²) in [5.41, 5.74) is -0.150. The molecule has 3 rings (SSSR count). The van der Waals surface area contributed by atoms with E-state index in [0.717, 1.165) is 12.1 Å². The average Bonchev–Trinajstić information content (AvgIpc) is 2.66. The Bertz CT molecular complexity index is 1250. The summed E-state index contributed by atoms with van der Waals surface area (Å²) in [7, 11) is -4.21. The molecule has 0 fully saturated rings. The van der Waals surface area contributed by atoms with Gasteiger partial charge in [-0.05, 0) is 47.5 Å². The van der Waals surface area contributed by atoms with E-state index in [1.165, 1.54) is 30.6 Å². The Morgan fingerprint density at radius 2 is 1.69 bits per heavy atom. The third-order valence-electron chi connectivity index (χ3n) is 4.10. The fourth-order valence-electron chi connectivity index (χ4n) is 2.72. The highest BCUT2D eigenvalue weighted by molar-refractivity contribution is 7.89. The van der Waals surface area contributed by atoms with Gasteiger partial charge in [0.25, 0.3) is 0 Å². The van der Waals surface area contributed by atoms with Gasteiger partial charge in [0.05, 0.1) is 21.0 Å². The summed E-state index contributed by atoms with van der Waals surface area (Å²) in [4.78, 5) is 3.52. The molecule has 1 aromatic heterocycles. The molecule has 0 aliphatic carbocycles. The second-order valence-electron chi connectivity index (χ2n) is 6.02. The van der Waals surface area contributed by atoms with E-state index in [4.69, 9.17) is 22.0 Å². The minimum Gasteiger partial charge on any atom is -0.263 e. The quantitative estimate of drug-likeness (QED) is 0.647. The van der Waals surface area contributed by atoms with Crippen LogP contribution in [0.5, 0.6) is 0 Å². The van der Waals surface area contributed by atoms with Gasteiger partial charge in [-0.25, -0.2) is 13.6 Å². The molecular weight excluding hydrogens is 427 g/mol. The summed E-state index contributed by atoms with van der Waals surface area (Å²) in [6, 6.07) is 10.2. The zero-order valence-corrected chi connectivity index (χ0v) is 16.0. The molecule has 0 aliphatic heterocycles. The fourth-order valence-corrected chi connectivity index (χ4v) is 3.48. The topological polar surface area (TPSA) is 96.8 Å². The average molecular weight is 438 g/mol. The van der Waals surface area contributed by atoms with E-state index in [0.29, 0.717) is 17.2 Å². The van der Waals surface area contributed by atoms with Crippen molar-refractivity contribution in [2.75, 3.05) is 0 Å². The lowest BCUT2D eigenvalue weighted by molar-refractivity contribution is -0.137. The number of sulfonamides is 1. The van der Waals surface area contributed by atoms with E-state index in [1.807, 2.05) is 6.07 Å². The minimum atomic E-state index is -4.72. The summed E-state index contributed by atoms with van der Waals surface area (Å²) in [6.45, 7) is 0. The van der Waals surface area contributed by atoms with Crippen LogP contribution >= 0.6 is 11.6 Å². The van der Waals surface area contributed by atoms with Crippen molar-refractivity contribution in [3.8, 4) is 28.3 Å². The number of hydrogen-bond acceptors (Lipinski definition) is 4. The SMILES string of the molecule is N#Cc1ccc(-c2cncc(-c3cc(S(N)(=O)=O)ccc3C(F)(F)F)c2)cc1Cl. The van der Waals surface area contributed by atoms with Gasteiger partial charge in [0, 0.05) is 23.5 Å². The summed E-state index contributed by atoms with van der Waals surface area (Å²) < 4.78 is 63.6. The molecule has 148 valence electrons. The molecular formula is C19H11ClF3N3O2S. The lowest BCUT2D eigenvalue weighted by Crippen LogP contribution is -2.14. The van der Waals surface area contributed by atoms with Gasteiger partial charge < -0.3 is 0 Å². The largest absolute Gasteiger partial charge is 0.417 e. The molecule has 0 atom stereocenters. The van der Waals surface area contributed by atoms with Crippen molar-refractivity contribution in [2.24, 2.45) is 5.14 Å². The van der Waals surface area contributed by atoms with Crippen molar-refractivity contribution < 1.29 is 21.6 Å². The summed E-state index contributed by atoms with van der Waals surface area (Å²) in [5.74, 6) is 0. The van der Waals surface area contributed by atoms with Crippen LogP contribution in [-0.2, 0) is 16.2 Å². The third-order valence-corrected chi connectivity index (χ3v) is 5.32. The van der Waals surface area contributed by atoms with Crippen molar-refractivity contribution in [2.45, 2.75) is 11.1 Å². The molecule has 10 heteroatoms. The lowest BCUT2D eigenvalue weighted by atomic mass is 9.97. The van der Waals surface area contributed by atoms with E-state index >= 15 is 0 Å². The Kier molecular flexibility index (Phi) is 5.36. The Morgan fingerprint density at radius 3 is 2.28 bits per heavy atom. The molecule has 0 spiro atoms. The van der Waals surface area contributed by atoms with Gasteiger partial charge in [-0.1, -0.05) is 17.7 Å². The number of hydrogen-bond donors (Lipinski definition) is 1. The summed E-state index contributed by atoms with van der Waals surface area (Å²) in [6.07, 6.45) is -2.12. The molecule has 0 radical (unpaired) electrons. The zero-order chi connectivity index (χ0) is 21.4. The molecule has 0 saturated heterocycles. The first-order valence-corrected chi connectivity index (χ1v) is 9.82. The highest BCUT2D eigenvalue weighted by Gasteiger charge is 2.34. The number of nitrogens with two attached hydrogens (primary N) is 1. The molecule has 3 aromatic rings. The lowest BCUT2D eigenvalue weighted by Gasteiger charge is -2.15. The maximum Gasteiger partial charge on any atom is 0.417 e. The zero-order valence-electron chi connectivity index (χ0n) is 14.4. The molecule has 5 nitrogen and oxygen atoms in total. The molecule has 2 aromatic carbocycles. The number of rotatable bonds is 3. The van der Waals surface area contributed by atoms with Gasteiger partial charge in [0.15, 0.2) is 0 Å². The molecule has 0 bridgehead atoms. The normalized spacial score (nSPS) is 11.9. The number of nitriles is 1. The first kappa shape index (κ1) is 20.8. The van der Waals surface area contributed by atoms with E-state index in [9.17, 15) is 21.6 Å². The molecule has 2 N–H and O–H groups in total. The summed E-state index contributed by atoms with van der Waals surface area (Å²) in [5, 5.41) is 14.2. The standard InChI is InChI=1S/C19H11ClF3N3O2S/c20-18-6-11(1-2-12(18)8-24)13-5-14(10-26-9-13)16-7-15(29(25,27)28)3-4-17(16)19(21,22)23/h1-7,9-10H,(H2,25,27,28). The van der Waals surface area contributed by atoms with Crippen LogP contribution in [0.1, 0.15) is 11.1 Å². The second kappa shape index (κ2) is 7.48. The van der Waals surface area contributed by atoms with E-state index in [2.05, 4.69) is 4.98 Å². The van der Waals surface area contributed by atoms with Gasteiger partial charge >= 0.3 is 6.18 Å². The van der Waals surface area contributed by atoms with Crippen LogP contribution in [0.3, 0.4) is 0 Å². The maximum atomic E-state index is 13.5. The number of pyridine rings is 1. The van der Waals surface area contributed by atoms with Gasteiger partial charge in [0.2, 0.25) is 10.0 Å². The Hall–Kier alpha value is -2.93. The van der Waals surface area contributed by atoms with Crippen LogP contribution in [0.25, 0.3) is 22.3 Å². The Morgan fingerprint density at radius 1 is 1.00 bits per heavy atom. The highest BCUT2D eigenvalue weighted by Crippen LogP contribution is 2.39. The van der Waals surface area contributed by atoms with Gasteiger partial charge in [-0.3, -0.25) is 4.98 Å². The predicted molar refractivity (Wildman–Crippen MR) is 101 cm³/mol. The van der Waals surface area contributed by atoms with Crippen molar-refractivity contribution in [3.05, 3.63) is 71.0 Å². The van der Waals surface area contributed by atoms with Crippen molar-refractivity contribution in [1.82, 2.24) is 4.98 Å². The molecule has 1 heterocycles. The molecule has 0 aliphatic rings.